The average Bonchev–Trinajstić information content (AvgIpc) is 2.99. The van der Waals surface area contributed by atoms with Crippen molar-refractivity contribution in [3.05, 3.63) is 21.9 Å². The lowest BCUT2D eigenvalue weighted by molar-refractivity contribution is -0.0549. The van der Waals surface area contributed by atoms with Crippen LogP contribution in [0.2, 0.25) is 0 Å². The molecule has 3 heterocycles. The van der Waals surface area contributed by atoms with Gasteiger partial charge in [0, 0.05) is 18.0 Å². The third-order valence-corrected chi connectivity index (χ3v) is 4.67. The smallest absolute Gasteiger partial charge is 0.264 e. The van der Waals surface area contributed by atoms with Crippen molar-refractivity contribution in [1.82, 2.24) is 4.90 Å². The van der Waals surface area contributed by atoms with Crippen molar-refractivity contribution in [1.29, 1.82) is 0 Å². The summed E-state index contributed by atoms with van der Waals surface area (Å²) in [6, 6.07) is 3.91. The summed E-state index contributed by atoms with van der Waals surface area (Å²) in [5.74, 6) is 0.127. The number of carbonyl (C=O) groups excluding carboxylic acids is 1. The Morgan fingerprint density at radius 2 is 2.11 bits per heavy atom. The Kier molecular flexibility index (Phi) is 3.13. The minimum atomic E-state index is -0.229. The molecule has 0 aliphatic carbocycles. The van der Waals surface area contributed by atoms with E-state index in [0.29, 0.717) is 26.4 Å². The fourth-order valence-electron chi connectivity index (χ4n) is 2.66. The van der Waals surface area contributed by atoms with Crippen molar-refractivity contribution in [2.45, 2.75) is 18.9 Å². The van der Waals surface area contributed by atoms with Gasteiger partial charge in [-0.15, -0.1) is 11.3 Å². The number of aryl methyl sites for hydroxylation is 1. The van der Waals surface area contributed by atoms with Crippen molar-refractivity contribution < 1.29 is 14.3 Å². The summed E-state index contributed by atoms with van der Waals surface area (Å²) in [6.45, 7) is 5.23. The van der Waals surface area contributed by atoms with Crippen LogP contribution in [0.5, 0.6) is 0 Å². The Hall–Kier alpha value is -0.910. The standard InChI is InChI=1S/C13H17NO3S/c1-10-2-3-11(18-10)12(15)14-5-7-17-9-13(14)4-6-16-8-13/h2-3H,4-9H2,1H3/t13-/m0/s1. The molecule has 0 saturated carbocycles. The maximum absolute atomic E-state index is 12.6. The van der Waals surface area contributed by atoms with Gasteiger partial charge in [0.1, 0.15) is 0 Å². The summed E-state index contributed by atoms with van der Waals surface area (Å²) in [5.41, 5.74) is -0.229. The molecule has 98 valence electrons. The maximum atomic E-state index is 12.6. The summed E-state index contributed by atoms with van der Waals surface area (Å²) in [4.78, 5) is 16.6. The van der Waals surface area contributed by atoms with E-state index in [1.54, 1.807) is 11.3 Å². The van der Waals surface area contributed by atoms with Crippen LogP contribution in [0.1, 0.15) is 21.0 Å². The molecule has 0 N–H and O–H groups in total. The van der Waals surface area contributed by atoms with Crippen LogP contribution in [0.4, 0.5) is 0 Å². The van der Waals surface area contributed by atoms with Crippen molar-refractivity contribution in [2.75, 3.05) is 33.0 Å². The van der Waals surface area contributed by atoms with Crippen LogP contribution >= 0.6 is 11.3 Å². The average molecular weight is 267 g/mol. The molecule has 2 aliphatic heterocycles. The van der Waals surface area contributed by atoms with Crippen LogP contribution in [0, 0.1) is 6.92 Å². The third kappa shape index (κ3) is 1.96. The molecule has 3 rings (SSSR count). The molecule has 0 bridgehead atoms. The van der Waals surface area contributed by atoms with E-state index in [-0.39, 0.29) is 11.4 Å². The molecule has 0 radical (unpaired) electrons. The molecule has 4 nitrogen and oxygen atoms in total. The molecule has 2 fully saturated rings. The van der Waals surface area contributed by atoms with Crippen molar-refractivity contribution in [3.8, 4) is 0 Å². The molecule has 1 amide bonds. The van der Waals surface area contributed by atoms with E-state index >= 15 is 0 Å². The first-order chi connectivity index (χ1) is 8.71. The first-order valence-electron chi connectivity index (χ1n) is 6.25. The number of amides is 1. The SMILES string of the molecule is Cc1ccc(C(=O)N2CCOC[C@@]23CCOC3)s1. The highest BCUT2D eigenvalue weighted by atomic mass is 32.1. The highest BCUT2D eigenvalue weighted by molar-refractivity contribution is 7.13. The Balaban J connectivity index is 1.86. The lowest BCUT2D eigenvalue weighted by Gasteiger charge is -2.43. The third-order valence-electron chi connectivity index (χ3n) is 3.68. The van der Waals surface area contributed by atoms with Gasteiger partial charge in [-0.25, -0.2) is 0 Å². The zero-order valence-corrected chi connectivity index (χ0v) is 11.3. The van der Waals surface area contributed by atoms with Crippen LogP contribution in [0.25, 0.3) is 0 Å². The number of hydrogen-bond acceptors (Lipinski definition) is 4. The Bertz CT molecular complexity index is 451. The fraction of sp³-hybridized carbons (Fsp3) is 0.615. The van der Waals surface area contributed by atoms with Crippen LogP contribution < -0.4 is 0 Å². The van der Waals surface area contributed by atoms with Gasteiger partial charge in [-0.2, -0.15) is 0 Å². The molecule has 1 aromatic heterocycles. The summed E-state index contributed by atoms with van der Waals surface area (Å²) in [7, 11) is 0. The quantitative estimate of drug-likeness (QED) is 0.777. The number of rotatable bonds is 1. The van der Waals surface area contributed by atoms with Gasteiger partial charge in [-0.1, -0.05) is 0 Å². The van der Waals surface area contributed by atoms with Gasteiger partial charge in [0.05, 0.1) is 30.2 Å². The van der Waals surface area contributed by atoms with Gasteiger partial charge in [0.2, 0.25) is 0 Å². The minimum Gasteiger partial charge on any atom is -0.379 e. The predicted octanol–water partition coefficient (Wildman–Crippen LogP) is 1.69. The van der Waals surface area contributed by atoms with E-state index in [1.165, 1.54) is 4.88 Å². The number of hydrogen-bond donors (Lipinski definition) is 0. The first-order valence-corrected chi connectivity index (χ1v) is 7.07. The van der Waals surface area contributed by atoms with Gasteiger partial charge in [-0.05, 0) is 25.5 Å². The Morgan fingerprint density at radius 1 is 1.33 bits per heavy atom. The van der Waals surface area contributed by atoms with E-state index < -0.39 is 0 Å². The number of nitrogens with zero attached hydrogens (tertiary/aromatic N) is 1. The molecule has 1 aromatic rings. The topological polar surface area (TPSA) is 38.8 Å². The predicted molar refractivity (Wildman–Crippen MR) is 69.1 cm³/mol. The van der Waals surface area contributed by atoms with E-state index in [4.69, 9.17) is 9.47 Å². The van der Waals surface area contributed by atoms with Crippen LogP contribution in [0.3, 0.4) is 0 Å². The minimum absolute atomic E-state index is 0.127. The van der Waals surface area contributed by atoms with Crippen molar-refractivity contribution >= 4 is 17.2 Å². The molecule has 0 aromatic carbocycles. The van der Waals surface area contributed by atoms with Gasteiger partial charge in [-0.3, -0.25) is 4.79 Å². The second kappa shape index (κ2) is 4.64. The molecule has 2 aliphatic rings. The molecule has 1 spiro atoms. The number of ether oxygens (including phenoxy) is 2. The number of thiophene rings is 1. The lowest BCUT2D eigenvalue weighted by Crippen LogP contribution is -2.59. The summed E-state index contributed by atoms with van der Waals surface area (Å²) in [5, 5.41) is 0. The summed E-state index contributed by atoms with van der Waals surface area (Å²) >= 11 is 1.56. The lowest BCUT2D eigenvalue weighted by atomic mass is 9.95. The summed E-state index contributed by atoms with van der Waals surface area (Å²) < 4.78 is 11.0. The molecular weight excluding hydrogens is 250 g/mol. The zero-order chi connectivity index (χ0) is 12.6. The van der Waals surface area contributed by atoms with Gasteiger partial charge < -0.3 is 14.4 Å². The highest BCUT2D eigenvalue weighted by Crippen LogP contribution is 2.31. The molecule has 18 heavy (non-hydrogen) atoms. The molecule has 1 atom stereocenters. The fourth-order valence-corrected chi connectivity index (χ4v) is 3.47. The van der Waals surface area contributed by atoms with E-state index in [9.17, 15) is 4.79 Å². The largest absolute Gasteiger partial charge is 0.379 e. The number of morpholine rings is 1. The van der Waals surface area contributed by atoms with Crippen LogP contribution in [-0.4, -0.2) is 49.3 Å². The van der Waals surface area contributed by atoms with E-state index in [0.717, 1.165) is 17.9 Å². The highest BCUT2D eigenvalue weighted by Gasteiger charge is 2.45. The molecule has 0 unspecified atom stereocenters. The van der Waals surface area contributed by atoms with Crippen molar-refractivity contribution in [2.24, 2.45) is 0 Å². The van der Waals surface area contributed by atoms with Gasteiger partial charge in [0.15, 0.2) is 0 Å². The Morgan fingerprint density at radius 3 is 2.78 bits per heavy atom. The second-order valence-corrected chi connectivity index (χ2v) is 6.23. The van der Waals surface area contributed by atoms with E-state index in [2.05, 4.69) is 0 Å². The number of carbonyl (C=O) groups is 1. The van der Waals surface area contributed by atoms with Gasteiger partial charge in [0.25, 0.3) is 5.91 Å². The zero-order valence-electron chi connectivity index (χ0n) is 10.5. The second-order valence-electron chi connectivity index (χ2n) is 4.95. The van der Waals surface area contributed by atoms with Crippen LogP contribution in [0.15, 0.2) is 12.1 Å². The molecular formula is C13H17NO3S. The Labute approximate surface area is 110 Å². The van der Waals surface area contributed by atoms with Crippen LogP contribution in [-0.2, 0) is 9.47 Å². The molecule has 5 heteroatoms. The first kappa shape index (κ1) is 12.1. The summed E-state index contributed by atoms with van der Waals surface area (Å²) in [6.07, 6.45) is 0.878. The normalized spacial score (nSPS) is 27.9. The maximum Gasteiger partial charge on any atom is 0.264 e. The monoisotopic (exact) mass is 267 g/mol. The molecule has 2 saturated heterocycles. The van der Waals surface area contributed by atoms with E-state index in [1.807, 2.05) is 24.0 Å². The van der Waals surface area contributed by atoms with Crippen molar-refractivity contribution in [3.63, 3.8) is 0 Å². The van der Waals surface area contributed by atoms with Gasteiger partial charge >= 0.3 is 0 Å².